The Morgan fingerprint density at radius 1 is 1.08 bits per heavy atom. The van der Waals surface area contributed by atoms with Crippen LogP contribution in [0.25, 0.3) is 6.08 Å². The zero-order valence-electron chi connectivity index (χ0n) is 19.5. The van der Waals surface area contributed by atoms with Gasteiger partial charge in [-0.15, -0.1) is 0 Å². The molecule has 0 N–H and O–H groups in total. The smallest absolute Gasteiger partial charge is 0.266 e. The molecule has 4 nitrogen and oxygen atoms in total. The van der Waals surface area contributed by atoms with Crippen molar-refractivity contribution in [3.05, 3.63) is 94.7 Å². The first-order valence-corrected chi connectivity index (χ1v) is 14.5. The van der Waals surface area contributed by atoms with Gasteiger partial charge in [0.25, 0.3) is 5.91 Å². The van der Waals surface area contributed by atoms with Gasteiger partial charge in [0.1, 0.15) is 18.2 Å². The summed E-state index contributed by atoms with van der Waals surface area (Å²) in [5, 5.41) is 1.30. The Hall–Kier alpha value is -1.63. The molecule has 1 aliphatic rings. The van der Waals surface area contributed by atoms with Crippen LogP contribution < -0.4 is 4.74 Å². The van der Waals surface area contributed by atoms with Crippen molar-refractivity contribution in [1.82, 2.24) is 4.90 Å². The zero-order valence-corrected chi connectivity index (χ0v) is 25.4. The average Bonchev–Trinajstić information content (AvgIpc) is 3.09. The maximum Gasteiger partial charge on any atom is 0.266 e. The molecule has 0 radical (unpaired) electrons. The van der Waals surface area contributed by atoms with E-state index < -0.39 is 0 Å². The summed E-state index contributed by atoms with van der Waals surface area (Å²) in [5.74, 6) is 0.735. The Kier molecular flexibility index (Phi) is 9.35. The summed E-state index contributed by atoms with van der Waals surface area (Å²) in [5.41, 5.74) is 2.54. The highest BCUT2D eigenvalue weighted by Gasteiger charge is 2.33. The Bertz CT molecular complexity index is 1310. The highest BCUT2D eigenvalue weighted by molar-refractivity contribution is 14.1. The Labute approximate surface area is 246 Å². The molecule has 0 spiro atoms. The van der Waals surface area contributed by atoms with Gasteiger partial charge < -0.3 is 4.74 Å². The summed E-state index contributed by atoms with van der Waals surface area (Å²) in [7, 11) is 0. The number of carbonyl (C=O) groups is 1. The van der Waals surface area contributed by atoms with Gasteiger partial charge >= 0.3 is 0 Å². The number of hydrogen-bond donors (Lipinski definition) is 0. The van der Waals surface area contributed by atoms with E-state index >= 15 is 0 Å². The Morgan fingerprint density at radius 3 is 2.33 bits per heavy atom. The number of thioether (sulfide) groups is 1. The van der Waals surface area contributed by atoms with E-state index in [4.69, 9.17) is 21.3 Å². The molecule has 1 saturated heterocycles. The Balaban J connectivity index is 1.57. The molecule has 1 amide bonds. The topological polar surface area (TPSA) is 41.9 Å². The molecule has 0 aromatic heterocycles. The minimum atomic E-state index is -0.270. The lowest BCUT2D eigenvalue weighted by molar-refractivity contribution is -0.122. The summed E-state index contributed by atoms with van der Waals surface area (Å²) >= 11 is 11.9. The van der Waals surface area contributed by atoms with Crippen LogP contribution in [-0.4, -0.2) is 22.5 Å². The van der Waals surface area contributed by atoms with Crippen molar-refractivity contribution in [2.75, 3.05) is 6.54 Å². The summed E-state index contributed by atoms with van der Waals surface area (Å²) in [4.78, 5) is 20.4. The van der Waals surface area contributed by atoms with Gasteiger partial charge in [-0.3, -0.25) is 9.69 Å². The molecular weight excluding hydrogens is 725 g/mol. The molecule has 1 fully saturated rings. The lowest BCUT2D eigenvalue weighted by Crippen LogP contribution is -2.32. The maximum absolute atomic E-state index is 13.3. The van der Waals surface area contributed by atoms with Crippen LogP contribution in [0.4, 0.5) is 10.1 Å². The van der Waals surface area contributed by atoms with Crippen molar-refractivity contribution in [3.8, 4) is 5.75 Å². The van der Waals surface area contributed by atoms with Gasteiger partial charge in [-0.2, -0.15) is 0 Å². The van der Waals surface area contributed by atoms with Crippen molar-refractivity contribution in [1.29, 1.82) is 0 Å². The van der Waals surface area contributed by atoms with Crippen LogP contribution >= 0.6 is 68.5 Å². The quantitative estimate of drug-likeness (QED) is 0.180. The molecule has 9 heteroatoms. The number of nitrogens with zero attached hydrogens (tertiary/aromatic N) is 2. The molecular formula is C27H22ClFI2N2O2S. The van der Waals surface area contributed by atoms with Gasteiger partial charge in [-0.25, -0.2) is 9.38 Å². The maximum atomic E-state index is 13.3. The van der Waals surface area contributed by atoms with E-state index in [2.05, 4.69) is 59.0 Å². The normalized spacial score (nSPS) is 16.0. The van der Waals surface area contributed by atoms with E-state index in [1.807, 2.05) is 30.3 Å². The van der Waals surface area contributed by atoms with E-state index in [1.165, 1.54) is 23.9 Å². The third-order valence-corrected chi connectivity index (χ3v) is 7.96. The number of ether oxygens (including phenoxy) is 1. The van der Waals surface area contributed by atoms with E-state index in [9.17, 15) is 9.18 Å². The fourth-order valence-corrected chi connectivity index (χ4v) is 6.69. The monoisotopic (exact) mass is 746 g/mol. The van der Waals surface area contributed by atoms with E-state index in [1.54, 1.807) is 29.2 Å². The number of aliphatic imine (C=N–C) groups is 1. The van der Waals surface area contributed by atoms with Crippen LogP contribution in [0.5, 0.6) is 5.75 Å². The van der Waals surface area contributed by atoms with Crippen molar-refractivity contribution >= 4 is 91.4 Å². The summed E-state index contributed by atoms with van der Waals surface area (Å²) in [6.07, 6.45) is 1.90. The minimum Gasteiger partial charge on any atom is -0.487 e. The lowest BCUT2D eigenvalue weighted by Gasteiger charge is -2.17. The second kappa shape index (κ2) is 12.3. The van der Waals surface area contributed by atoms with Crippen molar-refractivity contribution in [2.45, 2.75) is 20.5 Å². The Morgan fingerprint density at radius 2 is 1.72 bits per heavy atom. The molecule has 0 bridgehead atoms. The molecule has 0 aliphatic carbocycles. The number of amides is 1. The molecule has 0 unspecified atom stereocenters. The third-order valence-electron chi connectivity index (χ3n) is 5.10. The average molecular weight is 747 g/mol. The number of hydrogen-bond acceptors (Lipinski definition) is 4. The SMILES string of the molecule is CC(C)CN1C(=O)/C(=C/c2cc(I)c(OCc3ccc(F)cc3)c(I)c2)SC1=Nc1ccc(Cl)cc1. The third kappa shape index (κ3) is 7.02. The number of carbonyl (C=O) groups excluding carboxylic acids is 1. The highest BCUT2D eigenvalue weighted by atomic mass is 127. The van der Waals surface area contributed by atoms with Crippen molar-refractivity contribution in [2.24, 2.45) is 10.9 Å². The molecule has 1 heterocycles. The van der Waals surface area contributed by atoms with Crippen molar-refractivity contribution < 1.29 is 13.9 Å². The van der Waals surface area contributed by atoms with Crippen LogP contribution in [0, 0.1) is 18.9 Å². The van der Waals surface area contributed by atoms with Crippen LogP contribution in [0.1, 0.15) is 25.0 Å². The van der Waals surface area contributed by atoms with E-state index in [0.29, 0.717) is 34.2 Å². The van der Waals surface area contributed by atoms with Gasteiger partial charge in [0.05, 0.1) is 17.7 Å². The van der Waals surface area contributed by atoms with Gasteiger partial charge in [0, 0.05) is 11.6 Å². The molecule has 3 aromatic carbocycles. The van der Waals surface area contributed by atoms with Crippen LogP contribution in [0.2, 0.25) is 5.02 Å². The van der Waals surface area contributed by atoms with Gasteiger partial charge in [-0.1, -0.05) is 37.6 Å². The van der Waals surface area contributed by atoms with E-state index in [-0.39, 0.29) is 11.7 Å². The summed E-state index contributed by atoms with van der Waals surface area (Å²) in [6, 6.07) is 17.5. The molecule has 1 aliphatic heterocycles. The molecule has 3 aromatic rings. The van der Waals surface area contributed by atoms with Gasteiger partial charge in [0.15, 0.2) is 5.17 Å². The predicted octanol–water partition coefficient (Wildman–Crippen LogP) is 8.53. The number of rotatable bonds is 7. The number of benzene rings is 3. The second-order valence-corrected chi connectivity index (χ2v) is 12.3. The fourth-order valence-electron chi connectivity index (χ4n) is 3.43. The standard InChI is InChI=1S/C27H22ClFI2N2O2S/c1-16(2)14-33-26(34)24(36-27(33)32-21-9-5-19(28)6-10-21)13-18-11-22(30)25(23(31)12-18)35-15-17-3-7-20(29)8-4-17/h3-13,16H,14-15H2,1-2H3/b24-13-,32-27?. The summed E-state index contributed by atoms with van der Waals surface area (Å²) in [6.45, 7) is 5.08. The molecule has 4 rings (SSSR count). The molecule has 186 valence electrons. The van der Waals surface area contributed by atoms with Gasteiger partial charge in [0.2, 0.25) is 0 Å². The van der Waals surface area contributed by atoms with E-state index in [0.717, 1.165) is 29.7 Å². The largest absolute Gasteiger partial charge is 0.487 e. The predicted molar refractivity (Wildman–Crippen MR) is 163 cm³/mol. The number of halogens is 4. The molecule has 0 atom stereocenters. The zero-order chi connectivity index (χ0) is 25.8. The molecule has 0 saturated carbocycles. The number of amidine groups is 1. The second-order valence-electron chi connectivity index (χ2n) is 8.52. The van der Waals surface area contributed by atoms with Crippen LogP contribution in [-0.2, 0) is 11.4 Å². The first-order valence-electron chi connectivity index (χ1n) is 11.1. The van der Waals surface area contributed by atoms with Crippen molar-refractivity contribution in [3.63, 3.8) is 0 Å². The first kappa shape index (κ1) is 27.4. The van der Waals surface area contributed by atoms with Gasteiger partial charge in [-0.05, 0) is 129 Å². The highest BCUT2D eigenvalue weighted by Crippen LogP contribution is 2.36. The first-order chi connectivity index (χ1) is 17.2. The minimum absolute atomic E-state index is 0.0527. The van der Waals surface area contributed by atoms with Crippen LogP contribution in [0.3, 0.4) is 0 Å². The molecule has 36 heavy (non-hydrogen) atoms. The fraction of sp³-hybridized carbons (Fsp3) is 0.185. The van der Waals surface area contributed by atoms with Crippen LogP contribution in [0.15, 0.2) is 70.6 Å². The summed E-state index contributed by atoms with van der Waals surface area (Å²) < 4.78 is 21.0. The lowest BCUT2D eigenvalue weighted by atomic mass is 10.2.